The van der Waals surface area contributed by atoms with Gasteiger partial charge in [0.25, 0.3) is 0 Å². The van der Waals surface area contributed by atoms with Gasteiger partial charge in [0.15, 0.2) is 0 Å². The molecule has 52 heavy (non-hydrogen) atoms. The zero-order valence-corrected chi connectivity index (χ0v) is 36.3. The molecule has 0 aliphatic carbocycles. The molecule has 0 fully saturated rings. The van der Waals surface area contributed by atoms with Crippen LogP contribution in [0.1, 0.15) is 203 Å². The first-order valence-corrected chi connectivity index (χ1v) is 22.3. The molecule has 0 amide bonds. The molecular formula is C47H87N3O2. The number of nitrogens with zero attached hydrogens (tertiary/aromatic N) is 3. The first kappa shape index (κ1) is 48.1. The van der Waals surface area contributed by atoms with Crippen molar-refractivity contribution in [2.75, 3.05) is 13.2 Å². The summed E-state index contributed by atoms with van der Waals surface area (Å²) in [4.78, 5) is 2.97. The standard InChI is InChI=1S/C47H87N3O2/c1-37(2)17-11-19-39(5)21-13-23-41(7)25-15-27-43(9)29-31-51-46-33-45(36-49-50-48)34-47(35-46)52-32-30-44(10)28-16-26-42(8)24-14-22-40(6)20-12-18-38(3)4/h33-35,37-44H,11-32,36H2,1-10H3. The molecule has 0 heterocycles. The van der Waals surface area contributed by atoms with Crippen molar-refractivity contribution in [3.8, 4) is 11.5 Å². The molecule has 302 valence electrons. The van der Waals surface area contributed by atoms with E-state index in [1.54, 1.807) is 0 Å². The second-order valence-electron chi connectivity index (χ2n) is 18.5. The molecule has 1 aromatic rings. The van der Waals surface area contributed by atoms with Crippen molar-refractivity contribution in [2.45, 2.75) is 204 Å². The Bertz CT molecular complexity index is 967. The molecule has 0 saturated carbocycles. The van der Waals surface area contributed by atoms with Crippen LogP contribution in [0.5, 0.6) is 11.5 Å². The van der Waals surface area contributed by atoms with E-state index >= 15 is 0 Å². The van der Waals surface area contributed by atoms with E-state index in [0.717, 1.165) is 65.4 Å². The van der Waals surface area contributed by atoms with Crippen LogP contribution in [0.4, 0.5) is 0 Å². The number of ether oxygens (including phenoxy) is 2. The highest BCUT2D eigenvalue weighted by molar-refractivity contribution is 5.38. The largest absolute Gasteiger partial charge is 0.493 e. The van der Waals surface area contributed by atoms with Gasteiger partial charge in [-0.1, -0.05) is 190 Å². The summed E-state index contributed by atoms with van der Waals surface area (Å²) in [5.41, 5.74) is 9.83. The fourth-order valence-corrected chi connectivity index (χ4v) is 7.63. The molecule has 0 aromatic heterocycles. The van der Waals surface area contributed by atoms with Crippen molar-refractivity contribution in [3.63, 3.8) is 0 Å². The van der Waals surface area contributed by atoms with E-state index in [2.05, 4.69) is 79.3 Å². The van der Waals surface area contributed by atoms with E-state index in [-0.39, 0.29) is 0 Å². The molecule has 6 unspecified atom stereocenters. The summed E-state index contributed by atoms with van der Waals surface area (Å²) in [5, 5.41) is 3.80. The third-order valence-corrected chi connectivity index (χ3v) is 11.5. The van der Waals surface area contributed by atoms with Crippen LogP contribution in [-0.4, -0.2) is 13.2 Å². The maximum Gasteiger partial charge on any atom is 0.123 e. The maximum absolute atomic E-state index is 8.89. The van der Waals surface area contributed by atoms with Crippen LogP contribution in [0, 0.1) is 47.3 Å². The minimum atomic E-state index is 0.307. The van der Waals surface area contributed by atoms with Crippen molar-refractivity contribution in [1.82, 2.24) is 0 Å². The van der Waals surface area contributed by atoms with Gasteiger partial charge in [-0.2, -0.15) is 0 Å². The van der Waals surface area contributed by atoms with E-state index in [1.807, 2.05) is 18.2 Å². The van der Waals surface area contributed by atoms with E-state index in [9.17, 15) is 0 Å². The molecule has 1 aromatic carbocycles. The normalized spacial score (nSPS) is 15.2. The zero-order chi connectivity index (χ0) is 38.6. The lowest BCUT2D eigenvalue weighted by molar-refractivity contribution is 0.263. The van der Waals surface area contributed by atoms with Crippen molar-refractivity contribution >= 4 is 0 Å². The number of rotatable bonds is 34. The van der Waals surface area contributed by atoms with Gasteiger partial charge >= 0.3 is 0 Å². The van der Waals surface area contributed by atoms with Crippen molar-refractivity contribution in [3.05, 3.63) is 34.2 Å². The second-order valence-corrected chi connectivity index (χ2v) is 18.5. The van der Waals surface area contributed by atoms with Gasteiger partial charge in [-0.15, -0.1) is 0 Å². The predicted molar refractivity (Wildman–Crippen MR) is 227 cm³/mol. The summed E-state index contributed by atoms with van der Waals surface area (Å²) in [6.07, 6.45) is 26.6. The third-order valence-electron chi connectivity index (χ3n) is 11.5. The number of hydrogen-bond donors (Lipinski definition) is 0. The van der Waals surface area contributed by atoms with Gasteiger partial charge < -0.3 is 9.47 Å². The zero-order valence-electron chi connectivity index (χ0n) is 36.3. The van der Waals surface area contributed by atoms with Crippen LogP contribution in [-0.2, 0) is 6.54 Å². The van der Waals surface area contributed by atoms with Crippen molar-refractivity contribution in [1.29, 1.82) is 0 Å². The Hall–Kier alpha value is -1.87. The van der Waals surface area contributed by atoms with E-state index in [4.69, 9.17) is 15.0 Å². The van der Waals surface area contributed by atoms with Gasteiger partial charge in [-0.25, -0.2) is 0 Å². The molecule has 6 atom stereocenters. The Balaban J connectivity index is 2.32. The first-order valence-electron chi connectivity index (χ1n) is 22.3. The van der Waals surface area contributed by atoms with Crippen LogP contribution >= 0.6 is 0 Å². The Morgan fingerprint density at radius 2 is 0.731 bits per heavy atom. The fraction of sp³-hybridized carbons (Fsp3) is 0.872. The highest BCUT2D eigenvalue weighted by Gasteiger charge is 2.11. The molecule has 0 radical (unpaired) electrons. The summed E-state index contributed by atoms with van der Waals surface area (Å²) >= 11 is 0. The third kappa shape index (κ3) is 27.7. The highest BCUT2D eigenvalue weighted by Crippen LogP contribution is 2.27. The number of hydrogen-bond acceptors (Lipinski definition) is 3. The molecule has 0 spiro atoms. The van der Waals surface area contributed by atoms with Crippen LogP contribution in [0.25, 0.3) is 10.4 Å². The summed E-state index contributed by atoms with van der Waals surface area (Å²) < 4.78 is 12.5. The van der Waals surface area contributed by atoms with Gasteiger partial charge in [0, 0.05) is 11.0 Å². The van der Waals surface area contributed by atoms with E-state index in [1.165, 1.54) is 116 Å². The lowest BCUT2D eigenvalue weighted by Crippen LogP contribution is -2.07. The minimum Gasteiger partial charge on any atom is -0.493 e. The SMILES string of the molecule is CC(C)CCCC(C)CCCC(C)CCCC(C)CCOc1cc(CN=[N+]=[N-])cc(OCCC(C)CCCC(C)CCCC(C)CCCC(C)C)c1. The summed E-state index contributed by atoms with van der Waals surface area (Å²) in [7, 11) is 0. The molecule has 0 saturated heterocycles. The summed E-state index contributed by atoms with van der Waals surface area (Å²) in [6, 6.07) is 6.00. The van der Waals surface area contributed by atoms with Crippen LogP contribution in [0.2, 0.25) is 0 Å². The average Bonchev–Trinajstić information content (AvgIpc) is 3.07. The Kier molecular flexibility index (Phi) is 28.2. The molecule has 0 aliphatic heterocycles. The first-order chi connectivity index (χ1) is 24.9. The van der Waals surface area contributed by atoms with Gasteiger partial charge in [0.05, 0.1) is 19.8 Å². The molecule has 5 heteroatoms. The highest BCUT2D eigenvalue weighted by atomic mass is 16.5. The summed E-state index contributed by atoms with van der Waals surface area (Å²) in [5.74, 6) is 8.01. The number of azide groups is 1. The van der Waals surface area contributed by atoms with Crippen LogP contribution in [0.3, 0.4) is 0 Å². The predicted octanol–water partition coefficient (Wildman–Crippen LogP) is 16.2. The molecule has 0 N–H and O–H groups in total. The van der Waals surface area contributed by atoms with E-state index < -0.39 is 0 Å². The fourth-order valence-electron chi connectivity index (χ4n) is 7.63. The second kappa shape index (κ2) is 30.5. The Morgan fingerprint density at radius 1 is 0.442 bits per heavy atom. The number of benzene rings is 1. The van der Waals surface area contributed by atoms with Crippen molar-refractivity contribution < 1.29 is 9.47 Å². The smallest absolute Gasteiger partial charge is 0.123 e. The van der Waals surface area contributed by atoms with E-state index in [0.29, 0.717) is 31.6 Å². The topological polar surface area (TPSA) is 67.2 Å². The summed E-state index contributed by atoms with van der Waals surface area (Å²) in [6.45, 7) is 25.5. The average molecular weight is 726 g/mol. The monoisotopic (exact) mass is 726 g/mol. The van der Waals surface area contributed by atoms with Gasteiger partial charge in [-0.05, 0) is 83.4 Å². The maximum atomic E-state index is 8.89. The molecular weight excluding hydrogens is 639 g/mol. The van der Waals surface area contributed by atoms with Crippen LogP contribution in [0.15, 0.2) is 23.3 Å². The van der Waals surface area contributed by atoms with Gasteiger partial charge in [0.2, 0.25) is 0 Å². The Morgan fingerprint density at radius 3 is 1.02 bits per heavy atom. The van der Waals surface area contributed by atoms with Gasteiger partial charge in [-0.3, -0.25) is 0 Å². The lowest BCUT2D eigenvalue weighted by Gasteiger charge is -2.17. The molecule has 5 nitrogen and oxygen atoms in total. The molecule has 0 aliphatic rings. The van der Waals surface area contributed by atoms with Gasteiger partial charge in [0.1, 0.15) is 11.5 Å². The Labute approximate surface area is 324 Å². The van der Waals surface area contributed by atoms with Crippen molar-refractivity contribution in [2.24, 2.45) is 52.5 Å². The van der Waals surface area contributed by atoms with Crippen LogP contribution < -0.4 is 9.47 Å². The molecule has 1 rings (SSSR count). The quantitative estimate of drug-likeness (QED) is 0.0403. The lowest BCUT2D eigenvalue weighted by atomic mass is 9.91. The minimum absolute atomic E-state index is 0.307. The molecule has 0 bridgehead atoms.